The highest BCUT2D eigenvalue weighted by Crippen LogP contribution is 2.24. The minimum absolute atomic E-state index is 0.177. The molecular weight excluding hydrogens is 248 g/mol. The zero-order valence-electron chi connectivity index (χ0n) is 7.99. The average molecular weight is 256 g/mol. The van der Waals surface area contributed by atoms with E-state index in [1.54, 1.807) is 0 Å². The molecule has 0 bridgehead atoms. The van der Waals surface area contributed by atoms with Crippen molar-refractivity contribution in [3.8, 4) is 0 Å². The molecule has 0 amide bonds. The van der Waals surface area contributed by atoms with Gasteiger partial charge in [0.25, 0.3) is 0 Å². The number of thiazole rings is 1. The number of hydrogen-bond acceptors (Lipinski definition) is 6. The van der Waals surface area contributed by atoms with Crippen LogP contribution in [0.3, 0.4) is 0 Å². The lowest BCUT2D eigenvalue weighted by molar-refractivity contribution is 0.389. The van der Waals surface area contributed by atoms with E-state index in [-0.39, 0.29) is 9.10 Å². The van der Waals surface area contributed by atoms with Gasteiger partial charge in [-0.15, -0.1) is 11.3 Å². The van der Waals surface area contributed by atoms with Gasteiger partial charge in [-0.05, 0) is 24.3 Å². The topological polar surface area (TPSA) is 79.3 Å². The molecule has 2 N–H and O–H groups in total. The second-order valence-electron chi connectivity index (χ2n) is 2.96. The molecule has 1 aromatic carbocycles. The molecule has 2 rings (SSSR count). The fraction of sp³-hybridized carbons (Fsp3) is 0. The van der Waals surface area contributed by atoms with Crippen LogP contribution in [0.4, 0.5) is 5.69 Å². The van der Waals surface area contributed by atoms with Gasteiger partial charge in [-0.25, -0.2) is 8.42 Å². The fourth-order valence-electron chi connectivity index (χ4n) is 1.16. The summed E-state index contributed by atoms with van der Waals surface area (Å²) in [5.74, 6) is 0. The maximum absolute atomic E-state index is 12.0. The Morgan fingerprint density at radius 2 is 1.94 bits per heavy atom. The summed E-state index contributed by atoms with van der Waals surface area (Å²) in [6.45, 7) is 0. The summed E-state index contributed by atoms with van der Waals surface area (Å²) in [5, 5.41) is 8.61. The van der Waals surface area contributed by atoms with Crippen molar-refractivity contribution in [1.29, 1.82) is 0 Å². The first-order valence-electron chi connectivity index (χ1n) is 4.28. The van der Waals surface area contributed by atoms with Crippen LogP contribution in [-0.4, -0.2) is 18.6 Å². The average Bonchev–Trinajstić information content (AvgIpc) is 2.83. The lowest BCUT2D eigenvalue weighted by atomic mass is 10.3. The third-order valence-electron chi connectivity index (χ3n) is 1.97. The first-order chi connectivity index (χ1) is 7.64. The van der Waals surface area contributed by atoms with Crippen LogP contribution in [0.1, 0.15) is 0 Å². The minimum atomic E-state index is -3.47. The number of nitrogens with zero attached hydrogens (tertiary/aromatic N) is 1. The molecule has 0 aliphatic heterocycles. The molecule has 7 heteroatoms. The Kier molecular flexibility index (Phi) is 2.90. The van der Waals surface area contributed by atoms with Gasteiger partial charge in [0, 0.05) is 0 Å². The van der Waals surface area contributed by atoms with Crippen LogP contribution in [0.2, 0.25) is 0 Å². The Morgan fingerprint density at radius 1 is 1.25 bits per heavy atom. The molecule has 0 saturated heterocycles. The zero-order valence-corrected chi connectivity index (χ0v) is 9.62. The Balaban J connectivity index is 2.44. The van der Waals surface area contributed by atoms with Crippen LogP contribution in [0.5, 0.6) is 0 Å². The third-order valence-corrected chi connectivity index (χ3v) is 5.01. The second-order valence-corrected chi connectivity index (χ2v) is 6.02. The molecule has 0 unspecified atom stereocenters. The number of hydrogen-bond donors (Lipinski definition) is 2. The number of anilines is 1. The quantitative estimate of drug-likeness (QED) is 0.818. The molecule has 0 saturated carbocycles. The highest BCUT2D eigenvalue weighted by Gasteiger charge is 2.18. The number of nitrogens with one attached hydrogen (secondary N) is 1. The number of rotatable bonds is 3. The van der Waals surface area contributed by atoms with Gasteiger partial charge in [-0.2, -0.15) is 0 Å². The summed E-state index contributed by atoms with van der Waals surface area (Å²) in [5.41, 5.74) is 3.84. The van der Waals surface area contributed by atoms with E-state index in [2.05, 4.69) is 4.98 Å². The van der Waals surface area contributed by atoms with E-state index in [1.807, 2.05) is 5.48 Å². The van der Waals surface area contributed by atoms with E-state index < -0.39 is 9.84 Å². The predicted molar refractivity (Wildman–Crippen MR) is 59.4 cm³/mol. The Hall–Kier alpha value is -1.44. The molecule has 0 spiro atoms. The van der Waals surface area contributed by atoms with Crippen LogP contribution in [0.15, 0.2) is 45.1 Å². The van der Waals surface area contributed by atoms with Crippen LogP contribution in [0, 0.1) is 0 Å². The van der Waals surface area contributed by atoms with E-state index in [4.69, 9.17) is 5.21 Å². The lowest BCUT2D eigenvalue weighted by Gasteiger charge is -2.02. The zero-order chi connectivity index (χ0) is 11.6. The second kappa shape index (κ2) is 4.20. The monoisotopic (exact) mass is 256 g/mol. The van der Waals surface area contributed by atoms with Crippen molar-refractivity contribution in [3.05, 3.63) is 36.0 Å². The number of sulfone groups is 1. The van der Waals surface area contributed by atoms with E-state index in [1.165, 1.54) is 36.0 Å². The minimum Gasteiger partial charge on any atom is -0.291 e. The Labute approximate surface area is 96.3 Å². The molecule has 0 aliphatic rings. The Morgan fingerprint density at radius 3 is 2.44 bits per heavy atom. The lowest BCUT2D eigenvalue weighted by Crippen LogP contribution is -1.99. The van der Waals surface area contributed by atoms with Crippen molar-refractivity contribution >= 4 is 26.9 Å². The van der Waals surface area contributed by atoms with Crippen molar-refractivity contribution in [3.63, 3.8) is 0 Å². The van der Waals surface area contributed by atoms with Gasteiger partial charge in [-0.3, -0.25) is 15.7 Å². The molecule has 1 aromatic heterocycles. The van der Waals surface area contributed by atoms with Crippen molar-refractivity contribution in [2.24, 2.45) is 0 Å². The maximum atomic E-state index is 12.0. The van der Waals surface area contributed by atoms with Crippen LogP contribution < -0.4 is 5.48 Å². The summed E-state index contributed by atoms with van der Waals surface area (Å²) in [6.07, 6.45) is 1.32. The SMILES string of the molecule is O=S(=O)(c1ccc(NO)cc1)c1cncs1. The first-order valence-corrected chi connectivity index (χ1v) is 6.64. The van der Waals surface area contributed by atoms with E-state index in [0.29, 0.717) is 5.69 Å². The van der Waals surface area contributed by atoms with Gasteiger partial charge in [0.15, 0.2) is 0 Å². The predicted octanol–water partition coefficient (Wildman–Crippen LogP) is 1.78. The van der Waals surface area contributed by atoms with Crippen molar-refractivity contribution in [2.45, 2.75) is 9.10 Å². The molecule has 0 radical (unpaired) electrons. The van der Waals surface area contributed by atoms with Gasteiger partial charge in [-0.1, -0.05) is 0 Å². The fourth-order valence-corrected chi connectivity index (χ4v) is 3.36. The third kappa shape index (κ3) is 1.92. The Bertz CT molecular complexity index is 561. The molecule has 0 aliphatic carbocycles. The van der Waals surface area contributed by atoms with Crippen molar-refractivity contribution in [2.75, 3.05) is 5.48 Å². The van der Waals surface area contributed by atoms with Gasteiger partial charge in [0.05, 0.1) is 22.3 Å². The summed E-state index contributed by atoms with van der Waals surface area (Å²) in [6, 6.07) is 5.81. The summed E-state index contributed by atoms with van der Waals surface area (Å²) in [4.78, 5) is 3.91. The summed E-state index contributed by atoms with van der Waals surface area (Å²) in [7, 11) is -3.47. The molecule has 2 aromatic rings. The van der Waals surface area contributed by atoms with E-state index >= 15 is 0 Å². The number of benzene rings is 1. The molecule has 84 valence electrons. The standard InChI is InChI=1S/C9H8N2O3S2/c12-11-7-1-3-8(4-2-7)16(13,14)9-5-10-6-15-9/h1-6,11-12H. The largest absolute Gasteiger partial charge is 0.291 e. The summed E-state index contributed by atoms with van der Waals surface area (Å²) < 4.78 is 24.2. The van der Waals surface area contributed by atoms with E-state index in [9.17, 15) is 8.42 Å². The van der Waals surface area contributed by atoms with E-state index in [0.717, 1.165) is 11.3 Å². The highest BCUT2D eigenvalue weighted by molar-refractivity contribution is 7.93. The molecular formula is C9H8N2O3S2. The molecule has 5 nitrogen and oxygen atoms in total. The van der Waals surface area contributed by atoms with Gasteiger partial charge >= 0.3 is 0 Å². The smallest absolute Gasteiger partial charge is 0.217 e. The van der Waals surface area contributed by atoms with Crippen LogP contribution in [-0.2, 0) is 9.84 Å². The molecule has 0 fully saturated rings. The maximum Gasteiger partial charge on any atom is 0.217 e. The van der Waals surface area contributed by atoms with Gasteiger partial charge in [0.2, 0.25) is 9.84 Å². The molecule has 1 heterocycles. The summed E-state index contributed by atoms with van der Waals surface area (Å²) >= 11 is 1.07. The van der Waals surface area contributed by atoms with Crippen LogP contribution >= 0.6 is 11.3 Å². The normalized spacial score (nSPS) is 11.3. The van der Waals surface area contributed by atoms with Gasteiger partial charge in [0.1, 0.15) is 4.21 Å². The highest BCUT2D eigenvalue weighted by atomic mass is 32.2. The molecule has 0 atom stereocenters. The van der Waals surface area contributed by atoms with Crippen LogP contribution in [0.25, 0.3) is 0 Å². The van der Waals surface area contributed by atoms with Crippen molar-refractivity contribution < 1.29 is 13.6 Å². The molecule has 16 heavy (non-hydrogen) atoms. The van der Waals surface area contributed by atoms with Crippen molar-refractivity contribution in [1.82, 2.24) is 4.98 Å². The number of aromatic nitrogens is 1. The van der Waals surface area contributed by atoms with Gasteiger partial charge < -0.3 is 0 Å². The first kappa shape index (κ1) is 11.1.